The van der Waals surface area contributed by atoms with Gasteiger partial charge in [0.25, 0.3) is 0 Å². The largest absolute Gasteiger partial charge is 0.238 e. The summed E-state index contributed by atoms with van der Waals surface area (Å²) in [7, 11) is 0. The molecule has 0 aliphatic heterocycles. The van der Waals surface area contributed by atoms with Gasteiger partial charge in [0, 0.05) is 5.69 Å². The molecule has 0 aliphatic rings. The van der Waals surface area contributed by atoms with E-state index in [0.29, 0.717) is 0 Å². The fourth-order valence-electron chi connectivity index (χ4n) is 3.90. The summed E-state index contributed by atoms with van der Waals surface area (Å²) in [5.41, 5.74) is 10.9. The molecule has 2 heteroatoms. The molecule has 0 amide bonds. The second-order valence-corrected chi connectivity index (χ2v) is 7.24. The molecule has 0 bridgehead atoms. The van der Waals surface area contributed by atoms with Crippen molar-refractivity contribution in [1.29, 1.82) is 0 Å². The second-order valence-electron chi connectivity index (χ2n) is 7.24. The van der Waals surface area contributed by atoms with Gasteiger partial charge in [-0.1, -0.05) is 54.6 Å². The molecular weight excluding hydrogens is 328 g/mol. The molecule has 0 fully saturated rings. The number of nitrogens with zero attached hydrogens (tertiary/aromatic N) is 2. The smallest absolute Gasteiger partial charge is 0.0654 e. The Hall–Kier alpha value is -3.13. The summed E-state index contributed by atoms with van der Waals surface area (Å²) in [5, 5.41) is 4.63. The quantitative estimate of drug-likeness (QED) is 0.415. The average molecular weight is 352 g/mol. The van der Waals surface area contributed by atoms with E-state index < -0.39 is 0 Å². The fourth-order valence-corrected chi connectivity index (χ4v) is 3.90. The molecule has 4 aromatic rings. The number of hydrogen-bond donors (Lipinski definition) is 0. The van der Waals surface area contributed by atoms with Gasteiger partial charge in [-0.3, -0.25) is 0 Å². The van der Waals surface area contributed by atoms with Crippen LogP contribution in [0.1, 0.15) is 22.5 Å². The van der Waals surface area contributed by atoms with E-state index in [-0.39, 0.29) is 0 Å². The van der Waals surface area contributed by atoms with Crippen molar-refractivity contribution < 1.29 is 0 Å². The third kappa shape index (κ3) is 3.31. The summed E-state index contributed by atoms with van der Waals surface area (Å²) in [6.07, 6.45) is 0. The lowest BCUT2D eigenvalue weighted by atomic mass is 9.91. The van der Waals surface area contributed by atoms with E-state index in [0.717, 1.165) is 17.1 Å². The minimum atomic E-state index is 1.04. The predicted molar refractivity (Wildman–Crippen MR) is 113 cm³/mol. The number of hydrogen-bond acceptors (Lipinski definition) is 1. The SMILES string of the molecule is Cc1cc(C)n(-c2cccc(-c3c(C)cc(-c4ccccc4)cc3C)c2)n1. The molecule has 1 aromatic heterocycles. The molecule has 0 saturated carbocycles. The van der Waals surface area contributed by atoms with Crippen molar-refractivity contribution >= 4 is 0 Å². The fraction of sp³-hybridized carbons (Fsp3) is 0.160. The highest BCUT2D eigenvalue weighted by Crippen LogP contribution is 2.33. The Morgan fingerprint density at radius 3 is 1.93 bits per heavy atom. The Balaban J connectivity index is 1.80. The van der Waals surface area contributed by atoms with Gasteiger partial charge in [0.15, 0.2) is 0 Å². The number of aryl methyl sites for hydroxylation is 4. The first-order valence-electron chi connectivity index (χ1n) is 9.33. The molecule has 4 rings (SSSR count). The predicted octanol–water partition coefficient (Wildman–Crippen LogP) is 6.44. The summed E-state index contributed by atoms with van der Waals surface area (Å²) in [5.74, 6) is 0. The Morgan fingerprint density at radius 2 is 1.30 bits per heavy atom. The van der Waals surface area contributed by atoms with E-state index in [9.17, 15) is 0 Å². The molecule has 0 spiro atoms. The molecule has 0 unspecified atom stereocenters. The normalized spacial score (nSPS) is 11.0. The zero-order valence-electron chi connectivity index (χ0n) is 16.3. The van der Waals surface area contributed by atoms with Gasteiger partial charge in [0.05, 0.1) is 11.4 Å². The van der Waals surface area contributed by atoms with Crippen molar-refractivity contribution in [1.82, 2.24) is 9.78 Å². The first-order chi connectivity index (χ1) is 13.0. The zero-order valence-corrected chi connectivity index (χ0v) is 16.3. The highest BCUT2D eigenvalue weighted by atomic mass is 15.3. The molecule has 0 aliphatic carbocycles. The molecular formula is C25H24N2. The highest BCUT2D eigenvalue weighted by molar-refractivity contribution is 5.77. The molecule has 0 N–H and O–H groups in total. The van der Waals surface area contributed by atoms with Crippen LogP contribution in [0.25, 0.3) is 27.9 Å². The topological polar surface area (TPSA) is 17.8 Å². The first-order valence-corrected chi connectivity index (χ1v) is 9.33. The lowest BCUT2D eigenvalue weighted by Crippen LogP contribution is -1.99. The first kappa shape index (κ1) is 17.3. The average Bonchev–Trinajstić information content (AvgIpc) is 3.00. The second kappa shape index (κ2) is 6.88. The van der Waals surface area contributed by atoms with Crippen molar-refractivity contribution in [2.24, 2.45) is 0 Å². The van der Waals surface area contributed by atoms with Gasteiger partial charge >= 0.3 is 0 Å². The summed E-state index contributed by atoms with van der Waals surface area (Å²) in [6.45, 7) is 8.53. The Kier molecular flexibility index (Phi) is 4.41. The summed E-state index contributed by atoms with van der Waals surface area (Å²) < 4.78 is 2.02. The lowest BCUT2D eigenvalue weighted by molar-refractivity contribution is 0.834. The summed E-state index contributed by atoms with van der Waals surface area (Å²) in [6, 6.07) is 25.9. The van der Waals surface area contributed by atoms with E-state index in [1.165, 1.54) is 33.4 Å². The van der Waals surface area contributed by atoms with Crippen LogP contribution in [0.2, 0.25) is 0 Å². The lowest BCUT2D eigenvalue weighted by Gasteiger charge is -2.15. The maximum atomic E-state index is 4.63. The van der Waals surface area contributed by atoms with Crippen molar-refractivity contribution in [2.75, 3.05) is 0 Å². The Labute approximate surface area is 161 Å². The molecule has 0 atom stereocenters. The molecule has 2 nitrogen and oxygen atoms in total. The van der Waals surface area contributed by atoms with Crippen molar-refractivity contribution in [3.05, 3.63) is 95.3 Å². The maximum Gasteiger partial charge on any atom is 0.0654 e. The zero-order chi connectivity index (χ0) is 19.0. The van der Waals surface area contributed by atoms with E-state index >= 15 is 0 Å². The third-order valence-electron chi connectivity index (χ3n) is 5.03. The van der Waals surface area contributed by atoms with Gasteiger partial charge in [0.2, 0.25) is 0 Å². The van der Waals surface area contributed by atoms with E-state index in [1.807, 2.05) is 11.6 Å². The number of rotatable bonds is 3. The van der Waals surface area contributed by atoms with Crippen LogP contribution in [0, 0.1) is 27.7 Å². The van der Waals surface area contributed by atoms with Crippen LogP contribution >= 0.6 is 0 Å². The van der Waals surface area contributed by atoms with Crippen LogP contribution in [0.5, 0.6) is 0 Å². The molecule has 3 aromatic carbocycles. The van der Waals surface area contributed by atoms with Gasteiger partial charge in [-0.25, -0.2) is 4.68 Å². The molecule has 27 heavy (non-hydrogen) atoms. The minimum Gasteiger partial charge on any atom is -0.238 e. The van der Waals surface area contributed by atoms with Gasteiger partial charge in [-0.2, -0.15) is 5.10 Å². The van der Waals surface area contributed by atoms with E-state index in [1.54, 1.807) is 0 Å². The molecule has 134 valence electrons. The number of aromatic nitrogens is 2. The van der Waals surface area contributed by atoms with Crippen LogP contribution in [0.3, 0.4) is 0 Å². The van der Waals surface area contributed by atoms with Gasteiger partial charge in [-0.05, 0) is 79.3 Å². The third-order valence-corrected chi connectivity index (χ3v) is 5.03. The van der Waals surface area contributed by atoms with Crippen LogP contribution in [-0.4, -0.2) is 9.78 Å². The monoisotopic (exact) mass is 352 g/mol. The maximum absolute atomic E-state index is 4.63. The van der Waals surface area contributed by atoms with E-state index in [4.69, 9.17) is 0 Å². The van der Waals surface area contributed by atoms with Crippen LogP contribution < -0.4 is 0 Å². The molecule has 1 heterocycles. The van der Waals surface area contributed by atoms with Crippen LogP contribution in [0.15, 0.2) is 72.8 Å². The van der Waals surface area contributed by atoms with Crippen molar-refractivity contribution in [3.8, 4) is 27.9 Å². The Bertz CT molecular complexity index is 1080. The molecule has 0 radical (unpaired) electrons. The van der Waals surface area contributed by atoms with Crippen LogP contribution in [-0.2, 0) is 0 Å². The standard InChI is InChI=1S/C25H24N2/c1-17-13-23(21-9-6-5-7-10-21)14-18(2)25(17)22-11-8-12-24(16-22)27-20(4)15-19(3)26-27/h5-16H,1-4H3. The summed E-state index contributed by atoms with van der Waals surface area (Å²) >= 11 is 0. The Morgan fingerprint density at radius 1 is 0.630 bits per heavy atom. The van der Waals surface area contributed by atoms with Gasteiger partial charge < -0.3 is 0 Å². The van der Waals surface area contributed by atoms with Gasteiger partial charge in [-0.15, -0.1) is 0 Å². The molecule has 0 saturated heterocycles. The minimum absolute atomic E-state index is 1.04. The highest BCUT2D eigenvalue weighted by Gasteiger charge is 2.11. The van der Waals surface area contributed by atoms with Crippen LogP contribution in [0.4, 0.5) is 0 Å². The van der Waals surface area contributed by atoms with Gasteiger partial charge in [0.1, 0.15) is 0 Å². The summed E-state index contributed by atoms with van der Waals surface area (Å²) in [4.78, 5) is 0. The van der Waals surface area contributed by atoms with Crippen molar-refractivity contribution in [3.63, 3.8) is 0 Å². The van der Waals surface area contributed by atoms with E-state index in [2.05, 4.69) is 98.7 Å². The van der Waals surface area contributed by atoms with Crippen molar-refractivity contribution in [2.45, 2.75) is 27.7 Å². The number of benzene rings is 3.